The molecule has 0 saturated carbocycles. The van der Waals surface area contributed by atoms with Gasteiger partial charge in [0.25, 0.3) is 0 Å². The first kappa shape index (κ1) is 15.3. The highest BCUT2D eigenvalue weighted by Gasteiger charge is 2.38. The van der Waals surface area contributed by atoms with E-state index >= 15 is 0 Å². The number of aliphatic hydroxyl groups excluding tert-OH is 1. The van der Waals surface area contributed by atoms with Gasteiger partial charge < -0.3 is 9.84 Å². The molecule has 114 valence electrons. The number of hydrogen-bond acceptors (Lipinski definition) is 4. The summed E-state index contributed by atoms with van der Waals surface area (Å²) in [6, 6.07) is 0. The van der Waals surface area contributed by atoms with Crippen LogP contribution in [0.3, 0.4) is 0 Å². The van der Waals surface area contributed by atoms with E-state index in [1.165, 1.54) is 25.7 Å². The zero-order valence-corrected chi connectivity index (χ0v) is 13.1. The van der Waals surface area contributed by atoms with Gasteiger partial charge in [-0.1, -0.05) is 12.8 Å². The third kappa shape index (κ3) is 2.83. The van der Waals surface area contributed by atoms with Crippen molar-refractivity contribution in [1.29, 1.82) is 0 Å². The first-order valence-corrected chi connectivity index (χ1v) is 7.47. The number of aromatic nitrogens is 2. The van der Waals surface area contributed by atoms with Crippen LogP contribution in [0, 0.1) is 0 Å². The fraction of sp³-hybridized carbons (Fsp3) is 0.800. The Morgan fingerprint density at radius 2 is 1.85 bits per heavy atom. The molecule has 1 aliphatic heterocycles. The van der Waals surface area contributed by atoms with Crippen molar-refractivity contribution in [1.82, 2.24) is 14.7 Å². The molecule has 5 heteroatoms. The molecule has 0 bridgehead atoms. The summed E-state index contributed by atoms with van der Waals surface area (Å²) in [6.45, 7) is 6.30. The predicted octanol–water partition coefficient (Wildman–Crippen LogP) is 2.12. The SMILES string of the molecule is COc1cnn(C)c1C(O)C(C)(C)N1CCCCCC1. The second-order valence-corrected chi connectivity index (χ2v) is 6.18. The highest BCUT2D eigenvalue weighted by Crippen LogP contribution is 2.36. The molecule has 1 aliphatic rings. The Bertz CT molecular complexity index is 434. The van der Waals surface area contributed by atoms with E-state index in [9.17, 15) is 5.11 Å². The Kier molecular flexibility index (Phi) is 4.70. The number of aryl methyl sites for hydroxylation is 1. The quantitative estimate of drug-likeness (QED) is 0.918. The summed E-state index contributed by atoms with van der Waals surface area (Å²) in [6.07, 6.45) is 6.03. The van der Waals surface area contributed by atoms with Gasteiger partial charge in [0.2, 0.25) is 0 Å². The van der Waals surface area contributed by atoms with Crippen LogP contribution >= 0.6 is 0 Å². The number of hydrogen-bond donors (Lipinski definition) is 1. The Balaban J connectivity index is 2.24. The summed E-state index contributed by atoms with van der Waals surface area (Å²) >= 11 is 0. The molecule has 2 rings (SSSR count). The lowest BCUT2D eigenvalue weighted by atomic mass is 9.91. The molecule has 0 aromatic carbocycles. The topological polar surface area (TPSA) is 50.5 Å². The van der Waals surface area contributed by atoms with Gasteiger partial charge in [-0.2, -0.15) is 5.10 Å². The molecule has 1 aromatic heterocycles. The maximum absolute atomic E-state index is 10.9. The van der Waals surface area contributed by atoms with Crippen molar-refractivity contribution in [2.24, 2.45) is 7.05 Å². The van der Waals surface area contributed by atoms with E-state index in [1.807, 2.05) is 7.05 Å². The lowest BCUT2D eigenvalue weighted by Gasteiger charge is -2.41. The van der Waals surface area contributed by atoms with Crippen LogP contribution in [0.1, 0.15) is 51.3 Å². The second kappa shape index (κ2) is 6.14. The van der Waals surface area contributed by atoms with Crippen molar-refractivity contribution >= 4 is 0 Å². The zero-order chi connectivity index (χ0) is 14.8. The van der Waals surface area contributed by atoms with E-state index in [0.717, 1.165) is 18.8 Å². The summed E-state index contributed by atoms with van der Waals surface area (Å²) in [5, 5.41) is 15.1. The lowest BCUT2D eigenvalue weighted by molar-refractivity contribution is -0.0154. The summed E-state index contributed by atoms with van der Waals surface area (Å²) in [7, 11) is 3.46. The maximum atomic E-state index is 10.9. The third-order valence-electron chi connectivity index (χ3n) is 4.52. The van der Waals surface area contributed by atoms with E-state index in [0.29, 0.717) is 5.75 Å². The van der Waals surface area contributed by atoms with Gasteiger partial charge in [0, 0.05) is 12.6 Å². The normalized spacial score (nSPS) is 19.6. The molecule has 0 spiro atoms. The minimum atomic E-state index is -0.622. The zero-order valence-electron chi connectivity index (χ0n) is 13.1. The van der Waals surface area contributed by atoms with Crippen molar-refractivity contribution in [3.63, 3.8) is 0 Å². The van der Waals surface area contributed by atoms with Crippen LogP contribution in [0.4, 0.5) is 0 Å². The average Bonchev–Trinajstić information content (AvgIpc) is 2.65. The molecule has 0 amide bonds. The molecule has 1 atom stereocenters. The summed E-state index contributed by atoms with van der Waals surface area (Å²) in [5.74, 6) is 0.655. The molecular formula is C15H27N3O2. The van der Waals surface area contributed by atoms with Gasteiger partial charge in [-0.05, 0) is 39.8 Å². The third-order valence-corrected chi connectivity index (χ3v) is 4.52. The van der Waals surface area contributed by atoms with Crippen LogP contribution < -0.4 is 4.74 Å². The number of aliphatic hydroxyl groups is 1. The van der Waals surface area contributed by atoms with E-state index in [-0.39, 0.29) is 5.54 Å². The van der Waals surface area contributed by atoms with Crippen molar-refractivity contribution in [2.75, 3.05) is 20.2 Å². The molecule has 0 radical (unpaired) electrons. The first-order chi connectivity index (χ1) is 9.48. The van der Waals surface area contributed by atoms with E-state index in [2.05, 4.69) is 23.8 Å². The number of ether oxygens (including phenoxy) is 1. The average molecular weight is 281 g/mol. The molecular weight excluding hydrogens is 254 g/mol. The molecule has 1 unspecified atom stereocenters. The molecule has 1 N–H and O–H groups in total. The van der Waals surface area contributed by atoms with Crippen LogP contribution in [0.15, 0.2) is 6.20 Å². The Labute approximate surface area is 121 Å². The molecule has 1 fully saturated rings. The monoisotopic (exact) mass is 281 g/mol. The van der Waals surface area contributed by atoms with Crippen LogP contribution in [0.25, 0.3) is 0 Å². The first-order valence-electron chi connectivity index (χ1n) is 7.47. The molecule has 2 heterocycles. The molecule has 20 heavy (non-hydrogen) atoms. The highest BCUT2D eigenvalue weighted by molar-refractivity contribution is 5.29. The van der Waals surface area contributed by atoms with Crippen molar-refractivity contribution < 1.29 is 9.84 Å². The summed E-state index contributed by atoms with van der Waals surface area (Å²) in [5.41, 5.74) is 0.424. The Morgan fingerprint density at radius 1 is 1.25 bits per heavy atom. The Morgan fingerprint density at radius 3 is 2.40 bits per heavy atom. The van der Waals surface area contributed by atoms with Gasteiger partial charge in [-0.25, -0.2) is 0 Å². The molecule has 1 saturated heterocycles. The number of methoxy groups -OCH3 is 1. The van der Waals surface area contributed by atoms with E-state index < -0.39 is 6.10 Å². The lowest BCUT2D eigenvalue weighted by Crippen LogP contribution is -2.49. The van der Waals surface area contributed by atoms with Gasteiger partial charge in [-0.15, -0.1) is 0 Å². The molecule has 1 aromatic rings. The van der Waals surface area contributed by atoms with Gasteiger partial charge >= 0.3 is 0 Å². The Hall–Kier alpha value is -1.07. The van der Waals surface area contributed by atoms with E-state index in [4.69, 9.17) is 4.74 Å². The van der Waals surface area contributed by atoms with Crippen molar-refractivity contribution in [3.8, 4) is 5.75 Å². The number of rotatable bonds is 4. The molecule has 5 nitrogen and oxygen atoms in total. The standard InChI is InChI=1S/C15H27N3O2/c1-15(2,18-9-7-5-6-8-10-18)14(19)13-12(20-4)11-16-17(13)3/h11,14,19H,5-10H2,1-4H3. The number of nitrogens with zero attached hydrogens (tertiary/aromatic N) is 3. The number of likely N-dealkylation sites (tertiary alicyclic amines) is 1. The summed E-state index contributed by atoms with van der Waals surface area (Å²) in [4.78, 5) is 2.40. The van der Waals surface area contributed by atoms with Gasteiger partial charge in [0.1, 0.15) is 11.8 Å². The van der Waals surface area contributed by atoms with Gasteiger partial charge in [-0.3, -0.25) is 9.58 Å². The van der Waals surface area contributed by atoms with Crippen molar-refractivity contribution in [2.45, 2.75) is 51.2 Å². The largest absolute Gasteiger partial charge is 0.493 e. The second-order valence-electron chi connectivity index (χ2n) is 6.18. The minimum absolute atomic E-state index is 0.328. The van der Waals surface area contributed by atoms with Crippen LogP contribution in [-0.4, -0.2) is 45.5 Å². The fourth-order valence-corrected chi connectivity index (χ4v) is 3.05. The van der Waals surface area contributed by atoms with Crippen LogP contribution in [0.5, 0.6) is 5.75 Å². The smallest absolute Gasteiger partial charge is 0.162 e. The van der Waals surface area contributed by atoms with Gasteiger partial charge in [0.05, 0.1) is 13.3 Å². The van der Waals surface area contributed by atoms with Crippen molar-refractivity contribution in [3.05, 3.63) is 11.9 Å². The predicted molar refractivity (Wildman–Crippen MR) is 78.8 cm³/mol. The summed E-state index contributed by atoms with van der Waals surface area (Å²) < 4.78 is 7.04. The fourth-order valence-electron chi connectivity index (χ4n) is 3.05. The van der Waals surface area contributed by atoms with Crippen LogP contribution in [0.2, 0.25) is 0 Å². The van der Waals surface area contributed by atoms with Crippen LogP contribution in [-0.2, 0) is 7.05 Å². The van der Waals surface area contributed by atoms with E-state index in [1.54, 1.807) is 18.0 Å². The van der Waals surface area contributed by atoms with Gasteiger partial charge in [0.15, 0.2) is 5.75 Å². The minimum Gasteiger partial charge on any atom is -0.493 e. The highest BCUT2D eigenvalue weighted by atomic mass is 16.5. The maximum Gasteiger partial charge on any atom is 0.162 e. The molecule has 0 aliphatic carbocycles.